The molecule has 96 valence electrons. The molecule has 0 saturated carbocycles. The third kappa shape index (κ3) is 5.45. The Morgan fingerprint density at radius 2 is 1.76 bits per heavy atom. The summed E-state index contributed by atoms with van der Waals surface area (Å²) < 4.78 is 2.55. The average molecular weight is 456 g/mol. The normalized spacial score (nSPS) is 14.5. The van der Waals surface area contributed by atoms with Crippen molar-refractivity contribution in [3.63, 3.8) is 0 Å². The van der Waals surface area contributed by atoms with E-state index in [0.717, 1.165) is 11.8 Å². The maximum atomic E-state index is 2.57. The van der Waals surface area contributed by atoms with Crippen LogP contribution in [-0.2, 0) is 0 Å². The van der Waals surface area contributed by atoms with Crippen LogP contribution in [0.3, 0.4) is 0 Å². The number of hydrogen-bond acceptors (Lipinski definition) is 0. The maximum Gasteiger partial charge on any atom is 0.00295 e. The van der Waals surface area contributed by atoms with Crippen molar-refractivity contribution in [3.8, 4) is 0 Å². The van der Waals surface area contributed by atoms with Crippen LogP contribution in [0.1, 0.15) is 44.1 Å². The zero-order chi connectivity index (χ0) is 12.5. The molecule has 1 rings (SSSR count). The largest absolute Gasteiger partial charge is 0.0864 e. The van der Waals surface area contributed by atoms with Gasteiger partial charge >= 0.3 is 0 Å². The van der Waals surface area contributed by atoms with E-state index in [0.29, 0.717) is 0 Å². The highest BCUT2D eigenvalue weighted by Gasteiger charge is 2.21. The zero-order valence-electron chi connectivity index (χ0n) is 10.5. The van der Waals surface area contributed by atoms with Crippen molar-refractivity contribution in [1.29, 1.82) is 0 Å². The number of alkyl halides is 2. The third-order valence-corrected chi connectivity index (χ3v) is 5.10. The van der Waals surface area contributed by atoms with E-state index in [9.17, 15) is 0 Å². The Hall–Kier alpha value is 0.680. The zero-order valence-corrected chi connectivity index (χ0v) is 14.9. The van der Waals surface area contributed by atoms with Gasteiger partial charge in [0.1, 0.15) is 0 Å². The molecule has 1 aromatic carbocycles. The molecular formula is C15H22I2. The first-order valence-corrected chi connectivity index (χ1v) is 9.55. The van der Waals surface area contributed by atoms with Gasteiger partial charge in [-0.3, -0.25) is 0 Å². The Morgan fingerprint density at radius 1 is 1.06 bits per heavy atom. The maximum absolute atomic E-state index is 2.57. The van der Waals surface area contributed by atoms with Crippen molar-refractivity contribution in [2.45, 2.75) is 38.5 Å². The summed E-state index contributed by atoms with van der Waals surface area (Å²) in [4.78, 5) is 0. The lowest BCUT2D eigenvalue weighted by Gasteiger charge is -2.25. The number of halogens is 2. The van der Waals surface area contributed by atoms with E-state index in [-0.39, 0.29) is 0 Å². The molecule has 0 unspecified atom stereocenters. The first-order valence-electron chi connectivity index (χ1n) is 6.50. The highest BCUT2D eigenvalue weighted by molar-refractivity contribution is 14.1. The second-order valence-corrected chi connectivity index (χ2v) is 6.51. The van der Waals surface area contributed by atoms with Gasteiger partial charge < -0.3 is 0 Å². The van der Waals surface area contributed by atoms with E-state index in [1.54, 1.807) is 5.56 Å². The Bertz CT molecular complexity index is 284. The summed E-state index contributed by atoms with van der Waals surface area (Å²) in [7, 11) is 0. The van der Waals surface area contributed by atoms with Crippen molar-refractivity contribution < 1.29 is 0 Å². The van der Waals surface area contributed by atoms with Crippen molar-refractivity contribution in [2.24, 2.45) is 5.92 Å². The van der Waals surface area contributed by atoms with Crippen LogP contribution in [0.25, 0.3) is 0 Å². The van der Waals surface area contributed by atoms with Crippen LogP contribution in [0, 0.1) is 5.92 Å². The van der Waals surface area contributed by atoms with E-state index < -0.39 is 0 Å². The van der Waals surface area contributed by atoms with Crippen molar-refractivity contribution >= 4 is 45.2 Å². The molecule has 0 amide bonds. The summed E-state index contributed by atoms with van der Waals surface area (Å²) in [5.74, 6) is 1.62. The fraction of sp³-hybridized carbons (Fsp3) is 0.600. The molecule has 0 heterocycles. The molecule has 0 aliphatic heterocycles. The van der Waals surface area contributed by atoms with Gasteiger partial charge in [0.15, 0.2) is 0 Å². The molecule has 0 bridgehead atoms. The molecule has 0 radical (unpaired) electrons. The van der Waals surface area contributed by atoms with E-state index in [4.69, 9.17) is 0 Å². The highest BCUT2D eigenvalue weighted by atomic mass is 127. The van der Waals surface area contributed by atoms with Crippen LogP contribution in [-0.4, -0.2) is 8.86 Å². The van der Waals surface area contributed by atoms with Gasteiger partial charge in [0, 0.05) is 8.86 Å². The summed E-state index contributed by atoms with van der Waals surface area (Å²) in [5.41, 5.74) is 1.54. The second kappa shape index (κ2) is 9.59. The fourth-order valence-electron chi connectivity index (χ4n) is 2.34. The van der Waals surface area contributed by atoms with Gasteiger partial charge in [0.2, 0.25) is 0 Å². The molecule has 0 aliphatic rings. The van der Waals surface area contributed by atoms with Crippen LogP contribution < -0.4 is 0 Å². The molecule has 0 nitrogen and oxygen atoms in total. The second-order valence-electron chi connectivity index (χ2n) is 4.55. The molecule has 2 heteroatoms. The van der Waals surface area contributed by atoms with Gasteiger partial charge in [-0.1, -0.05) is 95.3 Å². The van der Waals surface area contributed by atoms with Gasteiger partial charge in [0.25, 0.3) is 0 Å². The molecule has 2 atom stereocenters. The lowest BCUT2D eigenvalue weighted by molar-refractivity contribution is 0.420. The van der Waals surface area contributed by atoms with Crippen molar-refractivity contribution in [2.75, 3.05) is 8.86 Å². The lowest BCUT2D eigenvalue weighted by Crippen LogP contribution is -2.15. The Balaban J connectivity index is 2.75. The van der Waals surface area contributed by atoms with Gasteiger partial charge in [-0.05, 0) is 30.2 Å². The SMILES string of the molecule is CCCC[C@H](CI)[C@@H](CCI)c1ccccc1. The van der Waals surface area contributed by atoms with E-state index in [1.807, 2.05) is 0 Å². The molecule has 1 aromatic rings. The van der Waals surface area contributed by atoms with Gasteiger partial charge in [-0.2, -0.15) is 0 Å². The monoisotopic (exact) mass is 456 g/mol. The average Bonchev–Trinajstić information content (AvgIpc) is 2.39. The summed E-state index contributed by atoms with van der Waals surface area (Å²) >= 11 is 5.08. The van der Waals surface area contributed by atoms with Crippen LogP contribution in [0.5, 0.6) is 0 Å². The summed E-state index contributed by atoms with van der Waals surface area (Å²) in [6.45, 7) is 2.29. The Labute approximate surface area is 133 Å². The molecule has 0 aliphatic carbocycles. The first kappa shape index (κ1) is 15.7. The van der Waals surface area contributed by atoms with E-state index in [1.165, 1.54) is 34.5 Å². The van der Waals surface area contributed by atoms with Gasteiger partial charge in [-0.25, -0.2) is 0 Å². The molecule has 0 N–H and O–H groups in total. The Kier molecular flexibility index (Phi) is 8.88. The minimum atomic E-state index is 0.761. The number of benzene rings is 1. The predicted octanol–water partition coefficient (Wildman–Crippen LogP) is 5.84. The minimum Gasteiger partial charge on any atom is -0.0864 e. The minimum absolute atomic E-state index is 0.761. The topological polar surface area (TPSA) is 0 Å². The summed E-state index contributed by atoms with van der Waals surface area (Å²) in [5, 5.41) is 0. The van der Waals surface area contributed by atoms with Crippen molar-refractivity contribution in [1.82, 2.24) is 0 Å². The highest BCUT2D eigenvalue weighted by Crippen LogP contribution is 2.33. The third-order valence-electron chi connectivity index (χ3n) is 3.34. The molecular weight excluding hydrogens is 434 g/mol. The molecule has 0 saturated heterocycles. The standard InChI is InChI=1S/C15H22I2/c1-2-3-7-14(12-17)15(10-11-16)13-8-5-4-6-9-13/h4-6,8-9,14-15H,2-3,7,10-12H2,1H3/t14-,15+/m1/s1. The van der Waals surface area contributed by atoms with Gasteiger partial charge in [-0.15, -0.1) is 0 Å². The number of hydrogen-bond donors (Lipinski definition) is 0. The van der Waals surface area contributed by atoms with Crippen LogP contribution in [0.15, 0.2) is 30.3 Å². The van der Waals surface area contributed by atoms with E-state index in [2.05, 4.69) is 82.4 Å². The predicted molar refractivity (Wildman–Crippen MR) is 94.6 cm³/mol. The molecule has 0 fully saturated rings. The molecule has 0 spiro atoms. The van der Waals surface area contributed by atoms with Crippen LogP contribution in [0.4, 0.5) is 0 Å². The van der Waals surface area contributed by atoms with E-state index >= 15 is 0 Å². The van der Waals surface area contributed by atoms with Crippen LogP contribution in [0.2, 0.25) is 0 Å². The summed E-state index contributed by atoms with van der Waals surface area (Å²) in [6, 6.07) is 11.1. The summed E-state index contributed by atoms with van der Waals surface area (Å²) in [6.07, 6.45) is 5.40. The number of unbranched alkanes of at least 4 members (excludes halogenated alkanes) is 1. The first-order chi connectivity index (χ1) is 8.33. The molecule has 17 heavy (non-hydrogen) atoms. The fourth-order valence-corrected chi connectivity index (χ4v) is 4.07. The quantitative estimate of drug-likeness (QED) is 0.341. The smallest absolute Gasteiger partial charge is 0.00295 e. The van der Waals surface area contributed by atoms with Gasteiger partial charge in [0.05, 0.1) is 0 Å². The lowest BCUT2D eigenvalue weighted by atomic mass is 9.82. The van der Waals surface area contributed by atoms with Crippen LogP contribution >= 0.6 is 45.2 Å². The van der Waals surface area contributed by atoms with Crippen molar-refractivity contribution in [3.05, 3.63) is 35.9 Å². The molecule has 0 aromatic heterocycles. The Morgan fingerprint density at radius 3 is 2.29 bits per heavy atom. The number of rotatable bonds is 8.